The highest BCUT2D eigenvalue weighted by Gasteiger charge is 2.35. The van der Waals surface area contributed by atoms with Gasteiger partial charge < -0.3 is 10.2 Å². The lowest BCUT2D eigenvalue weighted by atomic mass is 9.97. The number of nitrogens with zero attached hydrogens (tertiary/aromatic N) is 3. The van der Waals surface area contributed by atoms with Gasteiger partial charge in [0.15, 0.2) is 0 Å². The Morgan fingerprint density at radius 1 is 1.42 bits per heavy atom. The van der Waals surface area contributed by atoms with E-state index in [2.05, 4.69) is 15.3 Å². The van der Waals surface area contributed by atoms with Gasteiger partial charge in [0.25, 0.3) is 5.91 Å². The first-order valence-corrected chi connectivity index (χ1v) is 7.25. The Hall–Kier alpha value is -1.36. The van der Waals surface area contributed by atoms with Gasteiger partial charge in [0.1, 0.15) is 5.69 Å². The van der Waals surface area contributed by atoms with E-state index in [-0.39, 0.29) is 5.91 Å². The maximum Gasteiger partial charge on any atom is 0.272 e. The van der Waals surface area contributed by atoms with Gasteiger partial charge in [-0.25, -0.2) is 0 Å². The summed E-state index contributed by atoms with van der Waals surface area (Å²) in [6.45, 7) is 3.09. The molecule has 1 saturated carbocycles. The van der Waals surface area contributed by atoms with Crippen molar-refractivity contribution < 1.29 is 4.79 Å². The third-order valence-corrected chi connectivity index (χ3v) is 4.20. The van der Waals surface area contributed by atoms with E-state index in [1.807, 2.05) is 13.1 Å². The molecule has 0 unspecified atom stereocenters. The number of aromatic nitrogens is 2. The molecule has 2 aliphatic rings. The minimum absolute atomic E-state index is 0.154. The van der Waals surface area contributed by atoms with Crippen molar-refractivity contribution in [3.63, 3.8) is 0 Å². The summed E-state index contributed by atoms with van der Waals surface area (Å²) in [5.41, 5.74) is 0.709. The van der Waals surface area contributed by atoms with E-state index < -0.39 is 0 Å². The van der Waals surface area contributed by atoms with Crippen molar-refractivity contribution in [2.24, 2.45) is 13.0 Å². The average Bonchev–Trinajstić information content (AvgIpc) is 3.18. The summed E-state index contributed by atoms with van der Waals surface area (Å²) in [5, 5.41) is 7.49. The molecule has 1 aliphatic heterocycles. The maximum absolute atomic E-state index is 12.6. The normalized spacial score (nSPS) is 20.5. The fourth-order valence-electron chi connectivity index (χ4n) is 2.86. The summed E-state index contributed by atoms with van der Waals surface area (Å²) < 4.78 is 1.68. The molecule has 1 N–H and O–H groups in total. The average molecular weight is 262 g/mol. The van der Waals surface area contributed by atoms with Crippen LogP contribution >= 0.6 is 0 Å². The van der Waals surface area contributed by atoms with Crippen LogP contribution in [0.1, 0.15) is 36.2 Å². The Bertz CT molecular complexity index is 446. The molecule has 2 heterocycles. The molecule has 0 spiro atoms. The van der Waals surface area contributed by atoms with Crippen molar-refractivity contribution in [3.8, 4) is 0 Å². The van der Waals surface area contributed by atoms with Crippen molar-refractivity contribution >= 4 is 5.91 Å². The van der Waals surface area contributed by atoms with E-state index in [0.717, 1.165) is 32.5 Å². The second-order valence-electron chi connectivity index (χ2n) is 5.72. The molecule has 2 fully saturated rings. The van der Waals surface area contributed by atoms with Gasteiger partial charge in [-0.3, -0.25) is 9.48 Å². The minimum Gasteiger partial charge on any atom is -0.334 e. The van der Waals surface area contributed by atoms with Crippen LogP contribution in [0.3, 0.4) is 0 Å². The number of piperidine rings is 1. The Morgan fingerprint density at radius 2 is 2.16 bits per heavy atom. The van der Waals surface area contributed by atoms with Crippen molar-refractivity contribution in [2.75, 3.05) is 19.6 Å². The summed E-state index contributed by atoms with van der Waals surface area (Å²) in [6.07, 6.45) is 6.38. The molecular weight excluding hydrogens is 240 g/mol. The second-order valence-corrected chi connectivity index (χ2v) is 5.72. The monoisotopic (exact) mass is 262 g/mol. The highest BCUT2D eigenvalue weighted by Crippen LogP contribution is 2.30. The SMILES string of the molecule is Cn1nccc1C(=O)N(CC1CCNCC1)C1CC1. The lowest BCUT2D eigenvalue weighted by molar-refractivity contribution is 0.0690. The molecule has 19 heavy (non-hydrogen) atoms. The smallest absolute Gasteiger partial charge is 0.272 e. The molecule has 0 atom stereocenters. The summed E-state index contributed by atoms with van der Waals surface area (Å²) in [4.78, 5) is 14.7. The van der Waals surface area contributed by atoms with Crippen LogP contribution in [-0.4, -0.2) is 46.3 Å². The summed E-state index contributed by atoms with van der Waals surface area (Å²) in [7, 11) is 1.84. The molecule has 0 aromatic carbocycles. The molecule has 5 nitrogen and oxygen atoms in total. The van der Waals surface area contributed by atoms with E-state index in [0.29, 0.717) is 17.7 Å². The van der Waals surface area contributed by atoms with Crippen LogP contribution in [0.5, 0.6) is 0 Å². The fourth-order valence-corrected chi connectivity index (χ4v) is 2.86. The third kappa shape index (κ3) is 2.81. The molecule has 1 aliphatic carbocycles. The predicted octanol–water partition coefficient (Wildman–Crippen LogP) is 1.02. The Kier molecular flexibility index (Phi) is 3.55. The van der Waals surface area contributed by atoms with Gasteiger partial charge in [-0.2, -0.15) is 5.10 Å². The summed E-state index contributed by atoms with van der Waals surface area (Å²) >= 11 is 0. The van der Waals surface area contributed by atoms with Crippen LogP contribution in [0, 0.1) is 5.92 Å². The number of nitrogens with one attached hydrogen (secondary N) is 1. The number of hydrogen-bond donors (Lipinski definition) is 1. The maximum atomic E-state index is 12.6. The van der Waals surface area contributed by atoms with Gasteiger partial charge in [-0.1, -0.05) is 0 Å². The van der Waals surface area contributed by atoms with E-state index in [4.69, 9.17) is 0 Å². The van der Waals surface area contributed by atoms with Gasteiger partial charge in [-0.05, 0) is 50.8 Å². The second kappa shape index (κ2) is 5.33. The lowest BCUT2D eigenvalue weighted by Crippen LogP contribution is -2.41. The number of carbonyl (C=O) groups is 1. The van der Waals surface area contributed by atoms with E-state index >= 15 is 0 Å². The Balaban J connectivity index is 1.70. The van der Waals surface area contributed by atoms with Gasteiger partial charge in [0.2, 0.25) is 0 Å². The first kappa shape index (κ1) is 12.7. The number of rotatable bonds is 4. The quantitative estimate of drug-likeness (QED) is 0.881. The largest absolute Gasteiger partial charge is 0.334 e. The zero-order chi connectivity index (χ0) is 13.2. The molecule has 104 valence electrons. The summed E-state index contributed by atoms with van der Waals surface area (Å²) in [6, 6.07) is 2.29. The van der Waals surface area contributed by atoms with Crippen LogP contribution in [0.4, 0.5) is 0 Å². The predicted molar refractivity (Wildman–Crippen MR) is 72.9 cm³/mol. The Labute approximate surface area is 114 Å². The number of amides is 1. The standard InChI is InChI=1S/C14H22N4O/c1-17-13(6-9-16-17)14(19)18(12-2-3-12)10-11-4-7-15-8-5-11/h6,9,11-12,15H,2-5,7-8,10H2,1H3. The third-order valence-electron chi connectivity index (χ3n) is 4.20. The van der Waals surface area contributed by atoms with Crippen LogP contribution in [0.2, 0.25) is 0 Å². The van der Waals surface area contributed by atoms with Gasteiger partial charge >= 0.3 is 0 Å². The van der Waals surface area contributed by atoms with Gasteiger partial charge in [0, 0.05) is 25.8 Å². The van der Waals surface area contributed by atoms with E-state index in [1.165, 1.54) is 12.8 Å². The summed E-state index contributed by atoms with van der Waals surface area (Å²) in [5.74, 6) is 0.806. The van der Waals surface area contributed by atoms with E-state index in [9.17, 15) is 4.79 Å². The van der Waals surface area contributed by atoms with E-state index in [1.54, 1.807) is 10.9 Å². The highest BCUT2D eigenvalue weighted by molar-refractivity contribution is 5.92. The molecule has 1 aromatic rings. The zero-order valence-corrected chi connectivity index (χ0v) is 11.5. The fraction of sp³-hybridized carbons (Fsp3) is 0.714. The van der Waals surface area contributed by atoms with Crippen LogP contribution in [-0.2, 0) is 7.05 Å². The molecular formula is C14H22N4O. The van der Waals surface area contributed by atoms with Gasteiger partial charge in [0.05, 0.1) is 0 Å². The zero-order valence-electron chi connectivity index (χ0n) is 11.5. The van der Waals surface area contributed by atoms with Crippen LogP contribution < -0.4 is 5.32 Å². The molecule has 0 bridgehead atoms. The molecule has 0 radical (unpaired) electrons. The van der Waals surface area contributed by atoms with Crippen molar-refractivity contribution in [1.29, 1.82) is 0 Å². The van der Waals surface area contributed by atoms with Crippen molar-refractivity contribution in [3.05, 3.63) is 18.0 Å². The molecule has 1 saturated heterocycles. The highest BCUT2D eigenvalue weighted by atomic mass is 16.2. The van der Waals surface area contributed by atoms with Crippen LogP contribution in [0.15, 0.2) is 12.3 Å². The number of hydrogen-bond acceptors (Lipinski definition) is 3. The Morgan fingerprint density at radius 3 is 2.74 bits per heavy atom. The van der Waals surface area contributed by atoms with Crippen LogP contribution in [0.25, 0.3) is 0 Å². The van der Waals surface area contributed by atoms with Gasteiger partial charge in [-0.15, -0.1) is 0 Å². The molecule has 5 heteroatoms. The number of carbonyl (C=O) groups excluding carboxylic acids is 1. The lowest BCUT2D eigenvalue weighted by Gasteiger charge is -2.30. The topological polar surface area (TPSA) is 50.2 Å². The molecule has 1 aromatic heterocycles. The molecule has 3 rings (SSSR count). The molecule has 1 amide bonds. The van der Waals surface area contributed by atoms with Crippen molar-refractivity contribution in [1.82, 2.24) is 20.0 Å². The minimum atomic E-state index is 0.154. The first-order chi connectivity index (χ1) is 9.25. The van der Waals surface area contributed by atoms with Crippen molar-refractivity contribution in [2.45, 2.75) is 31.7 Å². The first-order valence-electron chi connectivity index (χ1n) is 7.25. The number of aryl methyl sites for hydroxylation is 1.